The molecule has 1 fully saturated rings. The first-order valence-corrected chi connectivity index (χ1v) is 14.9. The highest BCUT2D eigenvalue weighted by Crippen LogP contribution is 2.33. The van der Waals surface area contributed by atoms with Crippen LogP contribution in [0.15, 0.2) is 60.7 Å². The molecule has 0 saturated carbocycles. The van der Waals surface area contributed by atoms with Crippen LogP contribution in [-0.4, -0.2) is 65.7 Å². The fourth-order valence-corrected chi connectivity index (χ4v) is 5.89. The Balaban J connectivity index is 1.06. The Kier molecular flexibility index (Phi) is 8.08. The maximum Gasteiger partial charge on any atom is 0.254 e. The Morgan fingerprint density at radius 2 is 1.71 bits per heavy atom. The highest BCUT2D eigenvalue weighted by Gasteiger charge is 2.23. The Labute approximate surface area is 246 Å². The van der Waals surface area contributed by atoms with Gasteiger partial charge in [0.25, 0.3) is 5.91 Å². The molecule has 41 heavy (non-hydrogen) atoms. The normalized spacial score (nSPS) is 15.0. The summed E-state index contributed by atoms with van der Waals surface area (Å²) in [5.41, 5.74) is 5.58. The summed E-state index contributed by atoms with van der Waals surface area (Å²) in [4.78, 5) is 17.7. The van der Waals surface area contributed by atoms with Crippen LogP contribution in [0.3, 0.4) is 0 Å². The summed E-state index contributed by atoms with van der Waals surface area (Å²) < 4.78 is 19.5. The average Bonchev–Trinajstić information content (AvgIpc) is 3.57. The number of amides is 1. The molecule has 2 aliphatic rings. The number of rotatable bonds is 9. The van der Waals surface area contributed by atoms with E-state index in [9.17, 15) is 4.79 Å². The summed E-state index contributed by atoms with van der Waals surface area (Å²) in [6, 6.07) is 19.9. The van der Waals surface area contributed by atoms with E-state index in [0.29, 0.717) is 37.1 Å². The van der Waals surface area contributed by atoms with E-state index in [1.165, 1.54) is 27.7 Å². The van der Waals surface area contributed by atoms with Gasteiger partial charge in [-0.05, 0) is 86.3 Å². The first kappa shape index (κ1) is 27.5. The molecule has 1 saturated heterocycles. The third-order valence-corrected chi connectivity index (χ3v) is 8.52. The van der Waals surface area contributed by atoms with E-state index in [1.807, 2.05) is 41.3 Å². The molecule has 214 valence electrons. The van der Waals surface area contributed by atoms with E-state index in [-0.39, 0.29) is 5.91 Å². The number of hydrogen-bond donors (Lipinski definition) is 0. The van der Waals surface area contributed by atoms with Crippen molar-refractivity contribution in [2.75, 3.05) is 45.4 Å². The maximum absolute atomic E-state index is 13.4. The second-order valence-electron chi connectivity index (χ2n) is 10.8. The van der Waals surface area contributed by atoms with Crippen LogP contribution in [0.25, 0.3) is 10.9 Å². The lowest BCUT2D eigenvalue weighted by atomic mass is 10.1. The lowest BCUT2D eigenvalue weighted by molar-refractivity contribution is 0.0638. The summed E-state index contributed by atoms with van der Waals surface area (Å²) >= 11 is 5.95. The Bertz CT molecular complexity index is 1560. The number of ether oxygens (including phenoxy) is 3. The SMILES string of the molecule is Cc1c(C)n(CCCCl)c2ccc(Oc3cccc(C(=O)N4CCN(CCc5ccc6c(c5)OCO6)CC4)c3)cc12. The minimum Gasteiger partial charge on any atom is -0.457 e. The van der Waals surface area contributed by atoms with E-state index < -0.39 is 0 Å². The van der Waals surface area contributed by atoms with E-state index in [2.05, 4.69) is 47.6 Å². The van der Waals surface area contributed by atoms with Crippen molar-refractivity contribution in [3.05, 3.63) is 83.0 Å². The van der Waals surface area contributed by atoms with Crippen LogP contribution < -0.4 is 14.2 Å². The van der Waals surface area contributed by atoms with Crippen LogP contribution in [0.2, 0.25) is 0 Å². The molecular weight excluding hydrogens is 538 g/mol. The number of halogens is 1. The molecule has 7 nitrogen and oxygen atoms in total. The third kappa shape index (κ3) is 5.88. The molecule has 6 rings (SSSR count). The fraction of sp³-hybridized carbons (Fsp3) is 0.364. The summed E-state index contributed by atoms with van der Waals surface area (Å²) in [6.07, 6.45) is 1.87. The van der Waals surface area contributed by atoms with Crippen molar-refractivity contribution in [3.63, 3.8) is 0 Å². The van der Waals surface area contributed by atoms with Gasteiger partial charge in [0.15, 0.2) is 11.5 Å². The topological polar surface area (TPSA) is 56.2 Å². The minimum atomic E-state index is 0.0455. The van der Waals surface area contributed by atoms with Crippen molar-refractivity contribution in [1.29, 1.82) is 0 Å². The van der Waals surface area contributed by atoms with Crippen molar-refractivity contribution in [3.8, 4) is 23.0 Å². The zero-order valence-electron chi connectivity index (χ0n) is 23.7. The van der Waals surface area contributed by atoms with Gasteiger partial charge >= 0.3 is 0 Å². The van der Waals surface area contributed by atoms with Gasteiger partial charge in [-0.1, -0.05) is 12.1 Å². The minimum absolute atomic E-state index is 0.0455. The molecule has 3 heterocycles. The van der Waals surface area contributed by atoms with Crippen molar-refractivity contribution in [2.45, 2.75) is 33.2 Å². The molecule has 0 bridgehead atoms. The number of benzene rings is 3. The molecule has 0 spiro atoms. The van der Waals surface area contributed by atoms with Gasteiger partial charge in [-0.15, -0.1) is 11.6 Å². The monoisotopic (exact) mass is 573 g/mol. The van der Waals surface area contributed by atoms with Gasteiger partial charge < -0.3 is 23.7 Å². The van der Waals surface area contributed by atoms with Crippen LogP contribution in [0.5, 0.6) is 23.0 Å². The molecule has 4 aromatic rings. The number of carbonyl (C=O) groups excluding carboxylic acids is 1. The fourth-order valence-electron chi connectivity index (χ4n) is 5.77. The average molecular weight is 574 g/mol. The molecule has 3 aromatic carbocycles. The third-order valence-electron chi connectivity index (χ3n) is 8.26. The second kappa shape index (κ2) is 12.0. The highest BCUT2D eigenvalue weighted by atomic mass is 35.5. The number of nitrogens with zero attached hydrogens (tertiary/aromatic N) is 3. The van der Waals surface area contributed by atoms with Crippen molar-refractivity contribution in [1.82, 2.24) is 14.4 Å². The zero-order chi connectivity index (χ0) is 28.3. The first-order valence-electron chi connectivity index (χ1n) is 14.3. The van der Waals surface area contributed by atoms with Gasteiger partial charge in [0.1, 0.15) is 11.5 Å². The van der Waals surface area contributed by atoms with Crippen LogP contribution >= 0.6 is 11.6 Å². The van der Waals surface area contributed by atoms with Gasteiger partial charge in [-0.3, -0.25) is 9.69 Å². The predicted molar refractivity (Wildman–Crippen MR) is 162 cm³/mol. The summed E-state index contributed by atoms with van der Waals surface area (Å²) in [6.45, 7) is 9.58. The molecule has 1 amide bonds. The van der Waals surface area contributed by atoms with Crippen LogP contribution in [-0.2, 0) is 13.0 Å². The van der Waals surface area contributed by atoms with E-state index >= 15 is 0 Å². The summed E-state index contributed by atoms with van der Waals surface area (Å²) in [5, 5.41) is 1.18. The molecule has 0 atom stereocenters. The predicted octanol–water partition coefficient (Wildman–Crippen LogP) is 6.41. The highest BCUT2D eigenvalue weighted by molar-refractivity contribution is 6.17. The van der Waals surface area contributed by atoms with Crippen molar-refractivity contribution < 1.29 is 19.0 Å². The smallest absolute Gasteiger partial charge is 0.254 e. The van der Waals surface area contributed by atoms with E-state index in [0.717, 1.165) is 56.3 Å². The van der Waals surface area contributed by atoms with Crippen molar-refractivity contribution in [2.24, 2.45) is 0 Å². The summed E-state index contributed by atoms with van der Waals surface area (Å²) in [5.74, 6) is 3.75. The van der Waals surface area contributed by atoms with Gasteiger partial charge in [-0.2, -0.15) is 0 Å². The van der Waals surface area contributed by atoms with Crippen LogP contribution in [0, 0.1) is 13.8 Å². The number of hydrogen-bond acceptors (Lipinski definition) is 5. The Hall–Kier alpha value is -3.68. The first-order chi connectivity index (χ1) is 20.0. The van der Waals surface area contributed by atoms with Gasteiger partial charge in [0.2, 0.25) is 6.79 Å². The maximum atomic E-state index is 13.4. The lowest BCUT2D eigenvalue weighted by Gasteiger charge is -2.34. The molecule has 0 radical (unpaired) electrons. The number of fused-ring (bicyclic) bond motifs is 2. The molecule has 8 heteroatoms. The molecule has 2 aliphatic heterocycles. The van der Waals surface area contributed by atoms with Crippen LogP contribution in [0.4, 0.5) is 0 Å². The van der Waals surface area contributed by atoms with Gasteiger partial charge in [0, 0.05) is 67.3 Å². The quantitative estimate of drug-likeness (QED) is 0.217. The van der Waals surface area contributed by atoms with Gasteiger partial charge in [0.05, 0.1) is 0 Å². The number of aromatic nitrogens is 1. The summed E-state index contributed by atoms with van der Waals surface area (Å²) in [7, 11) is 0. The van der Waals surface area contributed by atoms with Crippen molar-refractivity contribution >= 4 is 28.4 Å². The molecule has 0 aliphatic carbocycles. The zero-order valence-corrected chi connectivity index (χ0v) is 24.5. The van der Waals surface area contributed by atoms with E-state index in [1.54, 1.807) is 0 Å². The van der Waals surface area contributed by atoms with Gasteiger partial charge in [-0.25, -0.2) is 0 Å². The Morgan fingerprint density at radius 1 is 0.902 bits per heavy atom. The second-order valence-corrected chi connectivity index (χ2v) is 11.2. The van der Waals surface area contributed by atoms with Crippen LogP contribution in [0.1, 0.15) is 33.6 Å². The molecule has 0 N–H and O–H groups in total. The molecular formula is C33H36ClN3O4. The largest absolute Gasteiger partial charge is 0.457 e. The standard InChI is InChI=1S/C33H36ClN3O4/c1-23-24(2)37(13-4-12-34)30-9-8-28(21-29(23)30)41-27-6-3-5-26(20-27)33(38)36-17-15-35(16-18-36)14-11-25-7-10-31-32(19-25)40-22-39-31/h3,5-10,19-21H,4,11-18,22H2,1-2H3. The number of aryl methyl sites for hydroxylation is 2. The molecule has 1 aromatic heterocycles. The Morgan fingerprint density at radius 3 is 2.54 bits per heavy atom. The number of carbonyl (C=O) groups is 1. The lowest BCUT2D eigenvalue weighted by Crippen LogP contribution is -2.49. The number of alkyl halides is 1. The molecule has 0 unspecified atom stereocenters. The van der Waals surface area contributed by atoms with E-state index in [4.69, 9.17) is 25.8 Å². The number of piperazine rings is 1.